The van der Waals surface area contributed by atoms with Crippen molar-refractivity contribution in [2.24, 2.45) is 0 Å². The molecule has 0 radical (unpaired) electrons. The normalized spacial score (nSPS) is 12.8. The van der Waals surface area contributed by atoms with Gasteiger partial charge in [-0.05, 0) is 49.6 Å². The third-order valence-corrected chi connectivity index (χ3v) is 3.41. The molecule has 0 aliphatic heterocycles. The van der Waals surface area contributed by atoms with E-state index in [-0.39, 0.29) is 6.54 Å². The molecule has 0 saturated carbocycles. The summed E-state index contributed by atoms with van der Waals surface area (Å²) in [7, 11) is 1.56. The molecule has 0 amide bonds. The molecule has 0 heterocycles. The summed E-state index contributed by atoms with van der Waals surface area (Å²) < 4.78 is 30.8. The molecule has 7 heteroatoms. The van der Waals surface area contributed by atoms with Crippen molar-refractivity contribution >= 4 is 31.9 Å². The summed E-state index contributed by atoms with van der Waals surface area (Å²) in [6.45, 7) is 0.226. The highest BCUT2D eigenvalue weighted by molar-refractivity contribution is 9.11. The van der Waals surface area contributed by atoms with E-state index in [9.17, 15) is 8.78 Å². The Morgan fingerprint density at radius 1 is 1.33 bits per heavy atom. The van der Waals surface area contributed by atoms with Crippen molar-refractivity contribution < 1.29 is 18.6 Å². The summed E-state index contributed by atoms with van der Waals surface area (Å²) >= 11 is 6.70. The molecular formula is C11H13Br2F2NO2. The van der Waals surface area contributed by atoms with Crippen LogP contribution in [0.25, 0.3) is 0 Å². The van der Waals surface area contributed by atoms with Gasteiger partial charge >= 0.3 is 0 Å². The van der Waals surface area contributed by atoms with Gasteiger partial charge in [0, 0.05) is 13.1 Å². The van der Waals surface area contributed by atoms with Crippen LogP contribution in [0.2, 0.25) is 0 Å². The van der Waals surface area contributed by atoms with E-state index in [0.29, 0.717) is 12.3 Å². The third-order valence-electron chi connectivity index (χ3n) is 2.24. The highest BCUT2D eigenvalue weighted by Crippen LogP contribution is 2.34. The zero-order valence-corrected chi connectivity index (χ0v) is 12.8. The zero-order valence-electron chi connectivity index (χ0n) is 9.59. The number of methoxy groups -OCH3 is 1. The number of ether oxygens (including phenoxy) is 1. The summed E-state index contributed by atoms with van der Waals surface area (Å²) in [6.07, 6.45) is -4.37. The van der Waals surface area contributed by atoms with Crippen LogP contribution in [0.4, 0.5) is 8.78 Å². The van der Waals surface area contributed by atoms with Crippen molar-refractivity contribution in [3.05, 3.63) is 26.6 Å². The molecule has 3 nitrogen and oxygen atoms in total. The van der Waals surface area contributed by atoms with Crippen molar-refractivity contribution in [2.45, 2.75) is 19.1 Å². The van der Waals surface area contributed by atoms with Crippen molar-refractivity contribution in [3.63, 3.8) is 0 Å². The van der Waals surface area contributed by atoms with Gasteiger partial charge in [-0.15, -0.1) is 0 Å². The first-order valence-corrected chi connectivity index (χ1v) is 6.73. The van der Waals surface area contributed by atoms with Gasteiger partial charge in [-0.1, -0.05) is 0 Å². The van der Waals surface area contributed by atoms with Crippen molar-refractivity contribution in [1.82, 2.24) is 5.32 Å². The maximum atomic E-state index is 12.1. The topological polar surface area (TPSA) is 41.5 Å². The van der Waals surface area contributed by atoms with Gasteiger partial charge < -0.3 is 15.2 Å². The first-order chi connectivity index (χ1) is 8.45. The van der Waals surface area contributed by atoms with E-state index in [4.69, 9.17) is 9.84 Å². The van der Waals surface area contributed by atoms with Crippen LogP contribution in [0.3, 0.4) is 0 Å². The van der Waals surface area contributed by atoms with Crippen LogP contribution in [-0.4, -0.2) is 31.3 Å². The molecule has 0 fully saturated rings. The van der Waals surface area contributed by atoms with Crippen LogP contribution in [0.15, 0.2) is 21.1 Å². The van der Waals surface area contributed by atoms with E-state index in [1.807, 2.05) is 12.1 Å². The van der Waals surface area contributed by atoms with Crippen molar-refractivity contribution in [2.75, 3.05) is 13.7 Å². The van der Waals surface area contributed by atoms with Crippen LogP contribution in [0.1, 0.15) is 5.56 Å². The monoisotopic (exact) mass is 387 g/mol. The largest absolute Gasteiger partial charge is 0.494 e. The fourth-order valence-corrected chi connectivity index (χ4v) is 2.97. The number of rotatable bonds is 6. The smallest absolute Gasteiger partial charge is 0.265 e. The van der Waals surface area contributed by atoms with Crippen LogP contribution in [0.5, 0.6) is 5.75 Å². The molecule has 0 saturated heterocycles. The second-order valence-electron chi connectivity index (χ2n) is 3.63. The molecule has 2 N–H and O–H groups in total. The Labute approximate surface area is 121 Å². The molecule has 1 rings (SSSR count). The number of benzene rings is 1. The highest BCUT2D eigenvalue weighted by Gasteiger charge is 2.16. The molecule has 0 aromatic heterocycles. The molecule has 1 aromatic carbocycles. The molecule has 1 atom stereocenters. The number of hydrogen-bond donors (Lipinski definition) is 2. The minimum absolute atomic E-state index is 0.154. The Morgan fingerprint density at radius 2 is 1.89 bits per heavy atom. The Morgan fingerprint density at radius 3 is 2.33 bits per heavy atom. The van der Waals surface area contributed by atoms with Crippen molar-refractivity contribution in [1.29, 1.82) is 0 Å². The van der Waals surface area contributed by atoms with Crippen LogP contribution in [0, 0.1) is 0 Å². The third kappa shape index (κ3) is 4.46. The fourth-order valence-electron chi connectivity index (χ4n) is 1.36. The number of hydrogen-bond acceptors (Lipinski definition) is 3. The summed E-state index contributed by atoms with van der Waals surface area (Å²) in [6, 6.07) is 3.65. The van der Waals surface area contributed by atoms with E-state index in [1.165, 1.54) is 0 Å². The maximum absolute atomic E-state index is 12.1. The molecule has 1 aromatic rings. The highest BCUT2D eigenvalue weighted by atomic mass is 79.9. The second kappa shape index (κ2) is 7.37. The van der Waals surface area contributed by atoms with E-state index in [1.54, 1.807) is 7.11 Å². The first-order valence-electron chi connectivity index (χ1n) is 5.14. The Kier molecular flexibility index (Phi) is 6.48. The average molecular weight is 389 g/mol. The molecular weight excluding hydrogens is 376 g/mol. The lowest BCUT2D eigenvalue weighted by molar-refractivity contribution is -0.00340. The van der Waals surface area contributed by atoms with E-state index >= 15 is 0 Å². The Balaban J connectivity index is 2.58. The SMILES string of the molecule is COc1c(Br)cc(CNCC(O)C(F)F)cc1Br. The number of halogens is 4. The summed E-state index contributed by atoms with van der Waals surface area (Å²) in [4.78, 5) is 0. The van der Waals surface area contributed by atoms with Gasteiger partial charge in [-0.25, -0.2) is 8.78 Å². The minimum Gasteiger partial charge on any atom is -0.494 e. The average Bonchev–Trinajstić information content (AvgIpc) is 2.28. The van der Waals surface area contributed by atoms with Gasteiger partial charge in [0.15, 0.2) is 0 Å². The van der Waals surface area contributed by atoms with E-state index < -0.39 is 12.5 Å². The molecule has 0 aliphatic carbocycles. The standard InChI is InChI=1S/C11H13Br2F2NO2/c1-18-10-7(12)2-6(3-8(10)13)4-16-5-9(17)11(14)15/h2-3,9,11,16-17H,4-5H2,1H3. The molecule has 18 heavy (non-hydrogen) atoms. The molecule has 0 spiro atoms. The van der Waals surface area contributed by atoms with Gasteiger partial charge in [0.05, 0.1) is 16.1 Å². The van der Waals surface area contributed by atoms with E-state index in [0.717, 1.165) is 14.5 Å². The van der Waals surface area contributed by atoms with Crippen molar-refractivity contribution in [3.8, 4) is 5.75 Å². The Bertz CT molecular complexity index is 382. The minimum atomic E-state index is -2.73. The zero-order chi connectivity index (χ0) is 13.7. The van der Waals surface area contributed by atoms with Gasteiger partial charge in [-0.2, -0.15) is 0 Å². The number of aliphatic hydroxyl groups is 1. The summed E-state index contributed by atoms with van der Waals surface area (Å²) in [5.41, 5.74) is 0.885. The van der Waals surface area contributed by atoms with Crippen LogP contribution < -0.4 is 10.1 Å². The molecule has 102 valence electrons. The summed E-state index contributed by atoms with van der Waals surface area (Å²) in [5, 5.41) is 11.7. The quantitative estimate of drug-likeness (QED) is 0.787. The summed E-state index contributed by atoms with van der Waals surface area (Å²) in [5.74, 6) is 0.673. The Hall–Kier alpha value is -0.240. The van der Waals surface area contributed by atoms with Gasteiger partial charge in [0.25, 0.3) is 6.43 Å². The predicted molar refractivity (Wildman–Crippen MR) is 72.1 cm³/mol. The molecule has 0 bridgehead atoms. The lowest BCUT2D eigenvalue weighted by atomic mass is 10.2. The molecule has 0 aliphatic rings. The number of aliphatic hydroxyl groups excluding tert-OH is 1. The molecule has 1 unspecified atom stereocenters. The van der Waals surface area contributed by atoms with Crippen LogP contribution >= 0.6 is 31.9 Å². The first kappa shape index (κ1) is 15.8. The fraction of sp³-hybridized carbons (Fsp3) is 0.455. The maximum Gasteiger partial charge on any atom is 0.265 e. The number of nitrogens with one attached hydrogen (secondary N) is 1. The number of alkyl halides is 2. The van der Waals surface area contributed by atoms with Crippen LogP contribution in [-0.2, 0) is 6.54 Å². The second-order valence-corrected chi connectivity index (χ2v) is 5.33. The lowest BCUT2D eigenvalue weighted by Gasteiger charge is -2.12. The van der Waals surface area contributed by atoms with Gasteiger partial charge in [0.1, 0.15) is 11.9 Å². The van der Waals surface area contributed by atoms with E-state index in [2.05, 4.69) is 37.2 Å². The van der Waals surface area contributed by atoms with Gasteiger partial charge in [0.2, 0.25) is 0 Å². The predicted octanol–water partition coefficient (Wildman–Crippen LogP) is 2.94. The lowest BCUT2D eigenvalue weighted by Crippen LogP contribution is -2.31. The van der Waals surface area contributed by atoms with Gasteiger partial charge in [-0.3, -0.25) is 0 Å².